The summed E-state index contributed by atoms with van der Waals surface area (Å²) >= 11 is 5.87. The van der Waals surface area contributed by atoms with Crippen molar-refractivity contribution in [2.45, 2.75) is 6.92 Å². The Kier molecular flexibility index (Phi) is 2.56. The summed E-state index contributed by atoms with van der Waals surface area (Å²) in [5.74, 6) is 0.183. The molecule has 0 bridgehead atoms. The van der Waals surface area contributed by atoms with Gasteiger partial charge in [0.15, 0.2) is 5.82 Å². The second-order valence-electron chi connectivity index (χ2n) is 3.28. The Balaban J connectivity index is 2.42. The van der Waals surface area contributed by atoms with E-state index >= 15 is 0 Å². The van der Waals surface area contributed by atoms with E-state index in [0.29, 0.717) is 16.4 Å². The number of imidazole rings is 1. The van der Waals surface area contributed by atoms with E-state index in [4.69, 9.17) is 11.6 Å². The first-order valence-corrected chi connectivity index (χ1v) is 4.86. The second kappa shape index (κ2) is 3.87. The lowest BCUT2D eigenvalue weighted by atomic mass is 10.1. The van der Waals surface area contributed by atoms with Gasteiger partial charge in [-0.3, -0.25) is 4.79 Å². The lowest BCUT2D eigenvalue weighted by Crippen LogP contribution is -2.03. The van der Waals surface area contributed by atoms with Crippen LogP contribution in [0.25, 0.3) is 0 Å². The molecule has 2 aromatic rings. The van der Waals surface area contributed by atoms with Gasteiger partial charge in [0, 0.05) is 23.0 Å². The van der Waals surface area contributed by atoms with Gasteiger partial charge in [0.05, 0.1) is 0 Å². The van der Waals surface area contributed by atoms with Crippen molar-refractivity contribution in [3.63, 3.8) is 0 Å². The average molecular weight is 221 g/mol. The molecule has 76 valence electrons. The van der Waals surface area contributed by atoms with E-state index < -0.39 is 0 Å². The molecule has 0 aliphatic carbocycles. The van der Waals surface area contributed by atoms with Crippen LogP contribution in [0.1, 0.15) is 21.7 Å². The number of carbonyl (C=O) groups is 1. The topological polar surface area (TPSA) is 45.8 Å². The number of carbonyl (C=O) groups excluding carboxylic acids is 1. The van der Waals surface area contributed by atoms with E-state index in [1.54, 1.807) is 30.6 Å². The maximum Gasteiger partial charge on any atom is 0.228 e. The molecular formula is C11H9ClN2O. The van der Waals surface area contributed by atoms with E-state index in [1.807, 2.05) is 6.92 Å². The van der Waals surface area contributed by atoms with Crippen LogP contribution in [0.3, 0.4) is 0 Å². The largest absolute Gasteiger partial charge is 0.342 e. The predicted octanol–water partition coefficient (Wildman–Crippen LogP) is 2.60. The smallest absolute Gasteiger partial charge is 0.228 e. The molecule has 0 unspecified atom stereocenters. The van der Waals surface area contributed by atoms with Crippen LogP contribution in [-0.4, -0.2) is 15.8 Å². The minimum absolute atomic E-state index is 0.148. The molecule has 0 radical (unpaired) electrons. The van der Waals surface area contributed by atoms with Crippen molar-refractivity contribution in [2.24, 2.45) is 0 Å². The number of nitrogens with one attached hydrogen (secondary N) is 1. The highest BCUT2D eigenvalue weighted by Gasteiger charge is 2.11. The molecule has 0 atom stereocenters. The number of rotatable bonds is 2. The number of H-pyrrole nitrogens is 1. The maximum atomic E-state index is 11.9. The van der Waals surface area contributed by atoms with Gasteiger partial charge >= 0.3 is 0 Å². The van der Waals surface area contributed by atoms with Gasteiger partial charge < -0.3 is 4.98 Å². The number of ketones is 1. The molecular weight excluding hydrogens is 212 g/mol. The first-order valence-electron chi connectivity index (χ1n) is 4.48. The Labute approximate surface area is 92.1 Å². The zero-order valence-corrected chi connectivity index (χ0v) is 8.88. The Bertz CT molecular complexity index is 471. The van der Waals surface area contributed by atoms with Gasteiger partial charge in [0.1, 0.15) is 0 Å². The highest BCUT2D eigenvalue weighted by Crippen LogP contribution is 2.16. The molecule has 1 heterocycles. The fraction of sp³-hybridized carbons (Fsp3) is 0.0909. The number of benzene rings is 1. The first kappa shape index (κ1) is 9.93. The third kappa shape index (κ3) is 2.07. The molecule has 2 rings (SSSR count). The summed E-state index contributed by atoms with van der Waals surface area (Å²) in [5.41, 5.74) is 1.51. The van der Waals surface area contributed by atoms with Crippen LogP contribution in [-0.2, 0) is 0 Å². The van der Waals surface area contributed by atoms with Crippen molar-refractivity contribution < 1.29 is 4.79 Å². The summed E-state index contributed by atoms with van der Waals surface area (Å²) in [6, 6.07) is 5.23. The fourth-order valence-corrected chi connectivity index (χ4v) is 1.68. The van der Waals surface area contributed by atoms with Gasteiger partial charge in [-0.25, -0.2) is 4.98 Å². The van der Waals surface area contributed by atoms with Crippen molar-refractivity contribution >= 4 is 17.4 Å². The minimum Gasteiger partial charge on any atom is -0.342 e. The Hall–Kier alpha value is -1.61. The number of aryl methyl sites for hydroxylation is 1. The van der Waals surface area contributed by atoms with Crippen LogP contribution in [0.15, 0.2) is 30.6 Å². The summed E-state index contributed by atoms with van der Waals surface area (Å²) in [5, 5.41) is 0.560. The van der Waals surface area contributed by atoms with Crippen LogP contribution in [0.2, 0.25) is 5.02 Å². The summed E-state index contributed by atoms with van der Waals surface area (Å²) < 4.78 is 0. The molecule has 0 aliphatic rings. The summed E-state index contributed by atoms with van der Waals surface area (Å²) in [6.45, 7) is 1.89. The molecule has 1 aromatic carbocycles. The first-order chi connectivity index (χ1) is 7.16. The zero-order valence-electron chi connectivity index (χ0n) is 8.12. The van der Waals surface area contributed by atoms with Gasteiger partial charge in [-0.15, -0.1) is 0 Å². The molecule has 0 spiro atoms. The van der Waals surface area contributed by atoms with Crippen LogP contribution in [0, 0.1) is 6.92 Å². The van der Waals surface area contributed by atoms with Crippen molar-refractivity contribution in [1.82, 2.24) is 9.97 Å². The van der Waals surface area contributed by atoms with Crippen molar-refractivity contribution in [3.8, 4) is 0 Å². The van der Waals surface area contributed by atoms with Crippen molar-refractivity contribution in [1.29, 1.82) is 0 Å². The number of hydrogen-bond acceptors (Lipinski definition) is 2. The Morgan fingerprint density at radius 2 is 2.20 bits per heavy atom. The molecule has 4 heteroatoms. The third-order valence-corrected chi connectivity index (χ3v) is 2.24. The van der Waals surface area contributed by atoms with Gasteiger partial charge in [-0.05, 0) is 30.7 Å². The van der Waals surface area contributed by atoms with Crippen LogP contribution < -0.4 is 0 Å². The SMILES string of the molecule is Cc1cc(Cl)cc(C(=O)c2ncc[nH]2)c1. The zero-order chi connectivity index (χ0) is 10.8. The van der Waals surface area contributed by atoms with Crippen LogP contribution >= 0.6 is 11.6 Å². The fourth-order valence-electron chi connectivity index (χ4n) is 1.39. The molecule has 15 heavy (non-hydrogen) atoms. The summed E-state index contributed by atoms with van der Waals surface area (Å²) in [4.78, 5) is 18.5. The molecule has 3 nitrogen and oxygen atoms in total. The minimum atomic E-state index is -0.148. The number of aromatic amines is 1. The molecule has 0 amide bonds. The number of halogens is 1. The average Bonchev–Trinajstić information content (AvgIpc) is 2.67. The van der Waals surface area contributed by atoms with E-state index in [1.165, 1.54) is 0 Å². The highest BCUT2D eigenvalue weighted by molar-refractivity contribution is 6.31. The quantitative estimate of drug-likeness (QED) is 0.791. The monoisotopic (exact) mass is 220 g/mol. The molecule has 0 saturated carbocycles. The third-order valence-electron chi connectivity index (χ3n) is 2.02. The van der Waals surface area contributed by atoms with Crippen LogP contribution in [0.5, 0.6) is 0 Å². The van der Waals surface area contributed by atoms with E-state index in [0.717, 1.165) is 5.56 Å². The lowest BCUT2D eigenvalue weighted by Gasteiger charge is -2.00. The number of nitrogens with zero attached hydrogens (tertiary/aromatic N) is 1. The van der Waals surface area contributed by atoms with Crippen molar-refractivity contribution in [3.05, 3.63) is 52.6 Å². The number of hydrogen-bond donors (Lipinski definition) is 1. The predicted molar refractivity (Wildman–Crippen MR) is 58.2 cm³/mol. The van der Waals surface area contributed by atoms with Gasteiger partial charge in [-0.1, -0.05) is 11.6 Å². The Morgan fingerprint density at radius 3 is 2.80 bits per heavy atom. The summed E-state index contributed by atoms with van der Waals surface area (Å²) in [6.07, 6.45) is 3.16. The molecule has 0 aliphatic heterocycles. The van der Waals surface area contributed by atoms with Gasteiger partial charge in [0.2, 0.25) is 5.78 Å². The van der Waals surface area contributed by atoms with E-state index in [9.17, 15) is 4.79 Å². The molecule has 0 fully saturated rings. The van der Waals surface area contributed by atoms with E-state index in [-0.39, 0.29) is 5.78 Å². The lowest BCUT2D eigenvalue weighted by molar-refractivity contribution is 0.103. The van der Waals surface area contributed by atoms with Gasteiger partial charge in [-0.2, -0.15) is 0 Å². The summed E-state index contributed by atoms with van der Waals surface area (Å²) in [7, 11) is 0. The maximum absolute atomic E-state index is 11.9. The second-order valence-corrected chi connectivity index (χ2v) is 3.72. The molecule has 1 N–H and O–H groups in total. The molecule has 1 aromatic heterocycles. The normalized spacial score (nSPS) is 10.3. The van der Waals surface area contributed by atoms with Crippen molar-refractivity contribution in [2.75, 3.05) is 0 Å². The number of aromatic nitrogens is 2. The highest BCUT2D eigenvalue weighted by atomic mass is 35.5. The standard InChI is InChI=1S/C11H9ClN2O/c1-7-4-8(6-9(12)5-7)10(15)11-13-2-3-14-11/h2-6H,1H3,(H,13,14). The Morgan fingerprint density at radius 1 is 1.40 bits per heavy atom. The van der Waals surface area contributed by atoms with Gasteiger partial charge in [0.25, 0.3) is 0 Å². The van der Waals surface area contributed by atoms with E-state index in [2.05, 4.69) is 9.97 Å². The molecule has 0 saturated heterocycles. The van der Waals surface area contributed by atoms with Crippen LogP contribution in [0.4, 0.5) is 0 Å².